The summed E-state index contributed by atoms with van der Waals surface area (Å²) in [6.45, 7) is 10.9. The number of carbonyl (C=O) groups excluding carboxylic acids is 1. The van der Waals surface area contributed by atoms with Crippen molar-refractivity contribution in [2.45, 2.75) is 109 Å². The van der Waals surface area contributed by atoms with Crippen LogP contribution in [0.1, 0.15) is 97.5 Å². The Hall–Kier alpha value is -2.82. The van der Waals surface area contributed by atoms with E-state index in [1.807, 2.05) is 12.1 Å². The van der Waals surface area contributed by atoms with Gasteiger partial charge in [0, 0.05) is 30.0 Å². The molecule has 7 heteroatoms. The number of hydrogen-bond acceptors (Lipinski definition) is 6. The summed E-state index contributed by atoms with van der Waals surface area (Å²) in [5.74, 6) is 5.70. The van der Waals surface area contributed by atoms with Gasteiger partial charge in [-0.3, -0.25) is 4.79 Å². The number of ether oxygens (including phenoxy) is 1. The van der Waals surface area contributed by atoms with Gasteiger partial charge in [-0.15, -0.1) is 6.42 Å². The van der Waals surface area contributed by atoms with E-state index in [1.165, 1.54) is 11.1 Å². The van der Waals surface area contributed by atoms with Gasteiger partial charge in [-0.25, -0.2) is 0 Å². The molecule has 1 aromatic carbocycles. The van der Waals surface area contributed by atoms with E-state index >= 15 is 0 Å². The first kappa shape index (κ1) is 34.1. The zero-order valence-electron chi connectivity index (χ0n) is 29.6. The number of carbonyl (C=O) groups is 1. The maximum Gasteiger partial charge on any atom is 0.260 e. The first-order chi connectivity index (χ1) is 22.4. The van der Waals surface area contributed by atoms with Crippen molar-refractivity contribution in [2.24, 2.45) is 39.7 Å². The highest BCUT2D eigenvalue weighted by molar-refractivity contribution is 5.96. The fourth-order valence-corrected chi connectivity index (χ4v) is 11.0. The second-order valence-electron chi connectivity index (χ2n) is 16.2. The number of hydrogen-bond donors (Lipinski definition) is 2. The number of benzene rings is 1. The third-order valence-corrected chi connectivity index (χ3v) is 14.2. The number of amides is 1. The van der Waals surface area contributed by atoms with Gasteiger partial charge in [-0.05, 0) is 131 Å². The molecule has 4 aliphatic carbocycles. The molecule has 47 heavy (non-hydrogen) atoms. The van der Waals surface area contributed by atoms with Crippen molar-refractivity contribution in [3.8, 4) is 18.1 Å². The molecule has 256 valence electrons. The summed E-state index contributed by atoms with van der Waals surface area (Å²) in [5.41, 5.74) is 2.74. The summed E-state index contributed by atoms with van der Waals surface area (Å²) in [5, 5.41) is 18.9. The third-order valence-electron chi connectivity index (χ3n) is 14.2. The van der Waals surface area contributed by atoms with Gasteiger partial charge >= 0.3 is 0 Å². The number of oxime groups is 1. The molecule has 0 radical (unpaired) electrons. The van der Waals surface area contributed by atoms with Crippen molar-refractivity contribution in [1.29, 1.82) is 0 Å². The summed E-state index contributed by atoms with van der Waals surface area (Å²) < 4.78 is 5.42. The molecule has 1 heterocycles. The Labute approximate surface area is 282 Å². The Bertz CT molecular complexity index is 1430. The predicted octanol–water partition coefficient (Wildman–Crippen LogP) is 6.50. The number of nitrogens with zero attached hydrogens (tertiary/aromatic N) is 2. The van der Waals surface area contributed by atoms with Gasteiger partial charge in [-0.2, -0.15) is 0 Å². The first-order valence-electron chi connectivity index (χ1n) is 18.1. The summed E-state index contributed by atoms with van der Waals surface area (Å²) in [7, 11) is 3.90. The van der Waals surface area contributed by atoms with Crippen LogP contribution in [0.3, 0.4) is 0 Å². The Morgan fingerprint density at radius 3 is 2.57 bits per heavy atom. The van der Waals surface area contributed by atoms with Crippen LogP contribution in [0.4, 0.5) is 0 Å². The minimum Gasteiger partial charge on any atom is -0.497 e. The number of aliphatic hydroxyl groups is 1. The van der Waals surface area contributed by atoms with Crippen LogP contribution in [0.15, 0.2) is 41.1 Å². The van der Waals surface area contributed by atoms with E-state index in [2.05, 4.69) is 74.2 Å². The topological polar surface area (TPSA) is 83.4 Å². The lowest BCUT2D eigenvalue weighted by Gasteiger charge is -2.58. The minimum atomic E-state index is -0.961. The van der Waals surface area contributed by atoms with E-state index in [4.69, 9.17) is 16.0 Å². The molecule has 0 spiro atoms. The molecule has 4 fully saturated rings. The normalized spacial score (nSPS) is 40.8. The maximum atomic E-state index is 12.9. The number of likely N-dealkylation sites (tertiary alicyclic amines) is 1. The monoisotopic (exact) mass is 643 g/mol. The number of methoxy groups -OCH3 is 1. The molecular weight excluding hydrogens is 586 g/mol. The molecule has 9 atom stereocenters. The van der Waals surface area contributed by atoms with Crippen molar-refractivity contribution in [1.82, 2.24) is 10.2 Å². The van der Waals surface area contributed by atoms with Crippen LogP contribution in [0.2, 0.25) is 0 Å². The summed E-state index contributed by atoms with van der Waals surface area (Å²) in [6.07, 6.45) is 18.0. The number of allylic oxidation sites excluding steroid dienone is 2. The van der Waals surface area contributed by atoms with Crippen molar-refractivity contribution < 1.29 is 19.5 Å². The van der Waals surface area contributed by atoms with Crippen molar-refractivity contribution >= 4 is 11.6 Å². The fraction of sp³-hybridized carbons (Fsp3) is 0.700. The zero-order chi connectivity index (χ0) is 33.6. The lowest BCUT2D eigenvalue weighted by Crippen LogP contribution is -2.54. The molecule has 1 saturated heterocycles. The van der Waals surface area contributed by atoms with Crippen LogP contribution in [0.5, 0.6) is 5.75 Å². The Balaban J connectivity index is 1.04. The highest BCUT2D eigenvalue weighted by atomic mass is 16.6. The second-order valence-corrected chi connectivity index (χ2v) is 16.2. The molecule has 6 rings (SSSR count). The highest BCUT2D eigenvalue weighted by Gasteiger charge is 2.63. The summed E-state index contributed by atoms with van der Waals surface area (Å²) >= 11 is 0. The average molecular weight is 644 g/mol. The number of piperidine rings is 1. The molecule has 3 saturated carbocycles. The summed E-state index contributed by atoms with van der Waals surface area (Å²) in [4.78, 5) is 21.0. The number of terminal acetylenes is 1. The van der Waals surface area contributed by atoms with Crippen molar-refractivity contribution in [2.75, 3.05) is 33.9 Å². The van der Waals surface area contributed by atoms with Gasteiger partial charge in [0.25, 0.3) is 5.91 Å². The maximum absolute atomic E-state index is 12.9. The standard InChI is InChI=1S/C40H57N3O4/c1-8-40(45)20-17-35-33-14-11-30-23-31(15-18-37(30,4)34(33)16-19-38(35,40)5)42-47-26-36(44)41-22-21-39(24-28(3)43(6)25-27(39)2)29-9-12-32(46-7)13-10-29/h1,9-10,12-13,23,27-28,33-35,45H,11,14-22,24-26H2,2-7H3,(H,41,44)/t27-,28-,33+,34-,35+,37-,38-,39-,40-/m0/s1. The Kier molecular flexibility index (Phi) is 9.35. The molecule has 0 unspecified atom stereocenters. The van der Waals surface area contributed by atoms with Crippen LogP contribution in [0, 0.1) is 46.8 Å². The van der Waals surface area contributed by atoms with Crippen molar-refractivity contribution in [3.05, 3.63) is 41.5 Å². The van der Waals surface area contributed by atoms with Gasteiger partial charge in [0.1, 0.15) is 11.4 Å². The predicted molar refractivity (Wildman–Crippen MR) is 187 cm³/mol. The number of nitrogens with one attached hydrogen (secondary N) is 1. The molecule has 5 aliphatic rings. The SMILES string of the molecule is C#C[C@]1(O)CC[C@@H]2[C@@H]3CCC4=CC(=NOCC(=O)NCC[C@]5(c6ccc(OC)cc6)C[C@H](C)N(C)C[C@@H]5C)CC[C@]4(C)[C@H]3CC[C@@]21C. The Morgan fingerprint density at radius 2 is 1.85 bits per heavy atom. The number of rotatable bonds is 8. The van der Waals surface area contributed by atoms with Crippen LogP contribution in [-0.2, 0) is 15.0 Å². The quantitative estimate of drug-likeness (QED) is 0.250. The largest absolute Gasteiger partial charge is 0.497 e. The molecule has 0 aromatic heterocycles. The van der Waals surface area contributed by atoms with E-state index in [-0.39, 0.29) is 28.8 Å². The third kappa shape index (κ3) is 5.82. The molecule has 7 nitrogen and oxygen atoms in total. The average Bonchev–Trinajstić information content (AvgIpc) is 3.34. The van der Waals surface area contributed by atoms with Gasteiger partial charge < -0.3 is 24.9 Å². The van der Waals surface area contributed by atoms with Crippen LogP contribution >= 0.6 is 0 Å². The van der Waals surface area contributed by atoms with Gasteiger partial charge in [0.15, 0.2) is 6.61 Å². The second kappa shape index (κ2) is 12.9. The van der Waals surface area contributed by atoms with E-state index in [1.54, 1.807) is 7.11 Å². The van der Waals surface area contributed by atoms with Crippen LogP contribution in [0.25, 0.3) is 0 Å². The van der Waals surface area contributed by atoms with Crippen molar-refractivity contribution in [3.63, 3.8) is 0 Å². The zero-order valence-corrected chi connectivity index (χ0v) is 29.6. The smallest absolute Gasteiger partial charge is 0.260 e. The highest BCUT2D eigenvalue weighted by Crippen LogP contribution is 2.67. The summed E-state index contributed by atoms with van der Waals surface area (Å²) in [6, 6.07) is 8.95. The van der Waals surface area contributed by atoms with E-state index < -0.39 is 5.60 Å². The first-order valence-corrected chi connectivity index (χ1v) is 18.1. The van der Waals surface area contributed by atoms with E-state index in [9.17, 15) is 9.90 Å². The molecule has 1 aromatic rings. The van der Waals surface area contributed by atoms with Crippen LogP contribution in [-0.4, -0.2) is 67.1 Å². The molecule has 0 bridgehead atoms. The van der Waals surface area contributed by atoms with Gasteiger partial charge in [0.05, 0.1) is 12.8 Å². The number of fused-ring (bicyclic) bond motifs is 5. The van der Waals surface area contributed by atoms with E-state index in [0.717, 1.165) is 82.2 Å². The lowest BCUT2D eigenvalue weighted by molar-refractivity contribution is -0.125. The van der Waals surface area contributed by atoms with Gasteiger partial charge in [0.2, 0.25) is 0 Å². The minimum absolute atomic E-state index is 0.0241. The van der Waals surface area contributed by atoms with E-state index in [0.29, 0.717) is 36.3 Å². The Morgan fingerprint density at radius 1 is 1.11 bits per heavy atom. The van der Waals surface area contributed by atoms with Crippen LogP contribution < -0.4 is 10.1 Å². The molecule has 1 aliphatic heterocycles. The molecular formula is C40H57N3O4. The van der Waals surface area contributed by atoms with Gasteiger partial charge in [-0.1, -0.05) is 49.6 Å². The molecule has 2 N–H and O–H groups in total. The lowest BCUT2D eigenvalue weighted by atomic mass is 9.46. The molecule has 1 amide bonds. The fourth-order valence-electron chi connectivity index (χ4n) is 11.0.